The van der Waals surface area contributed by atoms with Crippen LogP contribution in [0.2, 0.25) is 0 Å². The first-order chi connectivity index (χ1) is 9.45. The van der Waals surface area contributed by atoms with Gasteiger partial charge in [0.05, 0.1) is 6.04 Å². The maximum atomic E-state index is 14.0. The number of hydrogen-bond acceptors (Lipinski definition) is 1. The Morgan fingerprint density at radius 2 is 1.60 bits per heavy atom. The van der Waals surface area contributed by atoms with Crippen LogP contribution in [0.3, 0.4) is 0 Å². The predicted octanol–water partition coefficient (Wildman–Crippen LogP) is 3.86. The standard InChI is InChI=1S/C15H13F4N/c1-8-3-5-10(14(19)13(8)18)15(20-2)11-7-9(16)4-6-12(11)17/h3-7,15,20H,1-2H3. The van der Waals surface area contributed by atoms with E-state index in [1.165, 1.54) is 26.1 Å². The highest BCUT2D eigenvalue weighted by molar-refractivity contribution is 5.36. The summed E-state index contributed by atoms with van der Waals surface area (Å²) in [4.78, 5) is 0. The van der Waals surface area contributed by atoms with Crippen LogP contribution in [-0.2, 0) is 0 Å². The van der Waals surface area contributed by atoms with Crippen molar-refractivity contribution in [3.05, 3.63) is 70.3 Å². The molecule has 0 saturated carbocycles. The molecule has 2 rings (SSSR count). The van der Waals surface area contributed by atoms with Crippen LogP contribution in [-0.4, -0.2) is 7.05 Å². The van der Waals surface area contributed by atoms with E-state index < -0.39 is 29.3 Å². The molecular formula is C15H13F4N. The first kappa shape index (κ1) is 14.5. The molecule has 1 unspecified atom stereocenters. The SMILES string of the molecule is CNC(c1cc(F)ccc1F)c1ccc(C)c(F)c1F. The summed E-state index contributed by atoms with van der Waals surface area (Å²) in [6, 6.07) is 4.68. The van der Waals surface area contributed by atoms with Gasteiger partial charge in [-0.15, -0.1) is 0 Å². The molecule has 0 amide bonds. The lowest BCUT2D eigenvalue weighted by Gasteiger charge is -2.19. The Morgan fingerprint density at radius 3 is 2.25 bits per heavy atom. The minimum Gasteiger partial charge on any atom is -0.309 e. The lowest BCUT2D eigenvalue weighted by Crippen LogP contribution is -2.21. The van der Waals surface area contributed by atoms with Crippen molar-refractivity contribution in [2.75, 3.05) is 7.05 Å². The van der Waals surface area contributed by atoms with Gasteiger partial charge in [-0.3, -0.25) is 0 Å². The molecule has 1 atom stereocenters. The van der Waals surface area contributed by atoms with Crippen molar-refractivity contribution in [1.82, 2.24) is 5.32 Å². The molecule has 2 aromatic carbocycles. The third kappa shape index (κ3) is 2.54. The molecule has 0 saturated heterocycles. The van der Waals surface area contributed by atoms with Gasteiger partial charge < -0.3 is 5.32 Å². The first-order valence-electron chi connectivity index (χ1n) is 6.02. The topological polar surface area (TPSA) is 12.0 Å². The smallest absolute Gasteiger partial charge is 0.164 e. The first-order valence-corrected chi connectivity index (χ1v) is 6.02. The number of benzene rings is 2. The second kappa shape index (κ2) is 5.63. The fraction of sp³-hybridized carbons (Fsp3) is 0.200. The molecular weight excluding hydrogens is 270 g/mol. The molecule has 0 aliphatic carbocycles. The Bertz CT molecular complexity index is 640. The van der Waals surface area contributed by atoms with E-state index in [0.29, 0.717) is 0 Å². The zero-order valence-corrected chi connectivity index (χ0v) is 11.0. The summed E-state index contributed by atoms with van der Waals surface area (Å²) in [7, 11) is 1.46. The lowest BCUT2D eigenvalue weighted by atomic mass is 9.96. The predicted molar refractivity (Wildman–Crippen MR) is 68.4 cm³/mol. The molecule has 0 aliphatic heterocycles. The Hall–Kier alpha value is -1.88. The van der Waals surface area contributed by atoms with Gasteiger partial charge >= 0.3 is 0 Å². The monoisotopic (exact) mass is 283 g/mol. The van der Waals surface area contributed by atoms with Crippen molar-refractivity contribution >= 4 is 0 Å². The fourth-order valence-electron chi connectivity index (χ4n) is 2.10. The summed E-state index contributed by atoms with van der Waals surface area (Å²) >= 11 is 0. The number of aryl methyl sites for hydroxylation is 1. The van der Waals surface area contributed by atoms with Crippen LogP contribution in [0.25, 0.3) is 0 Å². The maximum absolute atomic E-state index is 14.0. The minimum absolute atomic E-state index is 0.0694. The van der Waals surface area contributed by atoms with Gasteiger partial charge in [0.2, 0.25) is 0 Å². The normalized spacial score (nSPS) is 12.5. The molecule has 20 heavy (non-hydrogen) atoms. The van der Waals surface area contributed by atoms with Gasteiger partial charge in [0, 0.05) is 11.1 Å². The fourth-order valence-corrected chi connectivity index (χ4v) is 2.10. The Labute approximate surface area is 114 Å². The molecule has 1 N–H and O–H groups in total. The average molecular weight is 283 g/mol. The molecule has 0 spiro atoms. The number of halogens is 4. The van der Waals surface area contributed by atoms with E-state index in [1.54, 1.807) is 0 Å². The van der Waals surface area contributed by atoms with Gasteiger partial charge in [0.1, 0.15) is 11.6 Å². The van der Waals surface area contributed by atoms with Gasteiger partial charge in [0.15, 0.2) is 11.6 Å². The third-order valence-corrected chi connectivity index (χ3v) is 3.17. The number of hydrogen-bond donors (Lipinski definition) is 1. The molecule has 0 heterocycles. The zero-order chi connectivity index (χ0) is 14.9. The molecule has 106 valence electrons. The number of nitrogens with one attached hydrogen (secondary N) is 1. The van der Waals surface area contributed by atoms with Crippen LogP contribution in [0, 0.1) is 30.2 Å². The maximum Gasteiger partial charge on any atom is 0.164 e. The summed E-state index contributed by atoms with van der Waals surface area (Å²) in [6.45, 7) is 1.43. The highest BCUT2D eigenvalue weighted by Gasteiger charge is 2.22. The Morgan fingerprint density at radius 1 is 0.900 bits per heavy atom. The second-order valence-electron chi connectivity index (χ2n) is 4.49. The van der Waals surface area contributed by atoms with E-state index >= 15 is 0 Å². The summed E-state index contributed by atoms with van der Waals surface area (Å²) in [6.07, 6.45) is 0. The van der Waals surface area contributed by atoms with Gasteiger partial charge in [-0.2, -0.15) is 0 Å². The summed E-state index contributed by atoms with van der Waals surface area (Å²) < 4.78 is 54.6. The van der Waals surface area contributed by atoms with Crippen LogP contribution in [0.1, 0.15) is 22.7 Å². The molecule has 2 aromatic rings. The summed E-state index contributed by atoms with van der Waals surface area (Å²) in [5, 5.41) is 2.68. The Balaban J connectivity index is 2.58. The van der Waals surface area contributed by atoms with Crippen LogP contribution in [0.5, 0.6) is 0 Å². The summed E-state index contributed by atoms with van der Waals surface area (Å²) in [5.74, 6) is -3.38. The largest absolute Gasteiger partial charge is 0.309 e. The van der Waals surface area contributed by atoms with E-state index in [2.05, 4.69) is 5.32 Å². The molecule has 5 heteroatoms. The highest BCUT2D eigenvalue weighted by Crippen LogP contribution is 2.28. The van der Waals surface area contributed by atoms with E-state index in [4.69, 9.17) is 0 Å². The van der Waals surface area contributed by atoms with E-state index in [9.17, 15) is 17.6 Å². The van der Waals surface area contributed by atoms with E-state index in [1.807, 2.05) is 0 Å². The Kier molecular flexibility index (Phi) is 4.09. The molecule has 1 nitrogen and oxygen atoms in total. The van der Waals surface area contributed by atoms with E-state index in [-0.39, 0.29) is 16.7 Å². The van der Waals surface area contributed by atoms with Gasteiger partial charge in [-0.1, -0.05) is 12.1 Å². The van der Waals surface area contributed by atoms with Crippen LogP contribution in [0.4, 0.5) is 17.6 Å². The van der Waals surface area contributed by atoms with Crippen molar-refractivity contribution in [3.8, 4) is 0 Å². The van der Waals surface area contributed by atoms with Crippen molar-refractivity contribution < 1.29 is 17.6 Å². The average Bonchev–Trinajstić information content (AvgIpc) is 2.43. The number of rotatable bonds is 3. The van der Waals surface area contributed by atoms with E-state index in [0.717, 1.165) is 18.2 Å². The lowest BCUT2D eigenvalue weighted by molar-refractivity contribution is 0.477. The molecule has 0 fully saturated rings. The zero-order valence-electron chi connectivity index (χ0n) is 11.0. The van der Waals surface area contributed by atoms with Crippen LogP contribution in [0.15, 0.2) is 30.3 Å². The summed E-state index contributed by atoms with van der Waals surface area (Å²) in [5.41, 5.74) is 0.00979. The van der Waals surface area contributed by atoms with Gasteiger partial charge in [-0.05, 0) is 37.7 Å². The van der Waals surface area contributed by atoms with Crippen molar-refractivity contribution in [2.24, 2.45) is 0 Å². The minimum atomic E-state index is -1.06. The van der Waals surface area contributed by atoms with Crippen LogP contribution >= 0.6 is 0 Å². The van der Waals surface area contributed by atoms with Gasteiger partial charge in [0.25, 0.3) is 0 Å². The quantitative estimate of drug-likeness (QED) is 0.843. The van der Waals surface area contributed by atoms with Gasteiger partial charge in [-0.25, -0.2) is 17.6 Å². The molecule has 0 radical (unpaired) electrons. The highest BCUT2D eigenvalue weighted by atomic mass is 19.2. The molecule has 0 aliphatic rings. The molecule has 0 aromatic heterocycles. The second-order valence-corrected chi connectivity index (χ2v) is 4.49. The molecule has 0 bridgehead atoms. The third-order valence-electron chi connectivity index (χ3n) is 3.17. The van der Waals surface area contributed by atoms with Crippen molar-refractivity contribution in [3.63, 3.8) is 0 Å². The van der Waals surface area contributed by atoms with Crippen LogP contribution < -0.4 is 5.32 Å². The van der Waals surface area contributed by atoms with Crippen molar-refractivity contribution in [1.29, 1.82) is 0 Å². The van der Waals surface area contributed by atoms with Crippen molar-refractivity contribution in [2.45, 2.75) is 13.0 Å².